The molecule has 0 spiro atoms. The predicted octanol–water partition coefficient (Wildman–Crippen LogP) is 2.89. The van der Waals surface area contributed by atoms with Gasteiger partial charge < -0.3 is 34.2 Å². The largest absolute Gasteiger partial charge is 0 e. The van der Waals surface area contributed by atoms with E-state index in [-0.39, 0.29) is 21.1 Å². The zero-order valence-electron chi connectivity index (χ0n) is 16.5. The normalized spacial score (nSPS) is 7.15. The van der Waals surface area contributed by atoms with Crippen molar-refractivity contribution in [2.75, 3.05) is 39.3 Å². The fraction of sp³-hybridized carbons (Fsp3) is 0.706. The molecule has 0 heterocycles. The number of hydrogen-bond donors (Lipinski definition) is 0. The molecule has 6 nitrogen and oxygen atoms in total. The minimum Gasteiger partial charge on any atom is 0 e. The first-order valence-corrected chi connectivity index (χ1v) is 8.40. The van der Waals surface area contributed by atoms with Gasteiger partial charge in [0.15, 0.2) is 0 Å². The first-order valence-electron chi connectivity index (χ1n) is 7.59. The number of thiocarbonyl (C=S) groups is 1. The Balaban J connectivity index is -0.0000000390. The maximum atomic E-state index is 7.50. The van der Waals surface area contributed by atoms with Gasteiger partial charge in [0.05, 0.1) is 26.2 Å². The van der Waals surface area contributed by atoms with Gasteiger partial charge in [0.25, 0.3) is 0 Å². The van der Waals surface area contributed by atoms with Gasteiger partial charge in [0.1, 0.15) is 0 Å². The number of hydrogen-bond acceptors (Lipinski definition) is 2. The molecule has 0 saturated heterocycles. The van der Waals surface area contributed by atoms with Gasteiger partial charge in [-0.05, 0) is 41.5 Å². The molecule has 26 heavy (non-hydrogen) atoms. The maximum absolute atomic E-state index is 7.50. The molecule has 0 fully saturated rings. The summed E-state index contributed by atoms with van der Waals surface area (Å²) >= 11 is 9.51. The van der Waals surface area contributed by atoms with Crippen molar-refractivity contribution >= 4 is 29.2 Å². The molecular formula is C17H30N2O4S2W. The molecular weight excluding hydrogens is 544 g/mol. The van der Waals surface area contributed by atoms with Crippen LogP contribution < -0.4 is 0 Å². The molecule has 0 amide bonds. The molecule has 0 atom stereocenters. The molecule has 9 heteroatoms. The third-order valence-electron chi connectivity index (χ3n) is 3.70. The van der Waals surface area contributed by atoms with Crippen LogP contribution in [0.1, 0.15) is 41.5 Å². The van der Waals surface area contributed by atoms with Gasteiger partial charge in [0, 0.05) is 34.2 Å². The number of rotatable bonds is 6. The molecule has 0 aliphatic heterocycles. The summed E-state index contributed by atoms with van der Waals surface area (Å²) in [4.78, 5) is 1.96. The molecule has 0 aromatic rings. The van der Waals surface area contributed by atoms with Crippen LogP contribution in [0.2, 0.25) is 0 Å². The van der Waals surface area contributed by atoms with E-state index in [4.69, 9.17) is 43.5 Å². The van der Waals surface area contributed by atoms with Gasteiger partial charge in [0.2, 0.25) is 0 Å². The van der Waals surface area contributed by atoms with Crippen LogP contribution in [-0.4, -0.2) is 53.0 Å². The van der Waals surface area contributed by atoms with Gasteiger partial charge in [-0.15, -0.1) is 0 Å². The van der Waals surface area contributed by atoms with Crippen LogP contribution in [-0.2, 0) is 52.3 Å². The van der Waals surface area contributed by atoms with Gasteiger partial charge in [-0.25, -0.2) is 0 Å². The quantitative estimate of drug-likeness (QED) is 0.161. The van der Waals surface area contributed by atoms with Crippen LogP contribution in [0.3, 0.4) is 0 Å². The van der Waals surface area contributed by atoms with E-state index in [2.05, 4.69) is 54.3 Å². The molecule has 0 saturated carbocycles. The summed E-state index contributed by atoms with van der Waals surface area (Å²) in [6.07, 6.45) is 0. The van der Waals surface area contributed by atoms with Crippen molar-refractivity contribution in [3.05, 3.63) is 26.6 Å². The monoisotopic (exact) mass is 574 g/mol. The predicted molar refractivity (Wildman–Crippen MR) is 101 cm³/mol. The third kappa shape index (κ3) is 31.5. The second-order valence-electron chi connectivity index (χ2n) is 4.04. The summed E-state index contributed by atoms with van der Waals surface area (Å²) in [7, 11) is 0. The van der Waals surface area contributed by atoms with E-state index in [9.17, 15) is 0 Å². The average molecular weight is 574 g/mol. The fourth-order valence-electron chi connectivity index (χ4n) is 1.82. The van der Waals surface area contributed by atoms with Crippen LogP contribution in [0, 0.1) is 26.6 Å². The Morgan fingerprint density at radius 2 is 0.923 bits per heavy atom. The fourth-order valence-corrected chi connectivity index (χ4v) is 2.34. The van der Waals surface area contributed by atoms with Crippen molar-refractivity contribution in [3.8, 4) is 0 Å². The Morgan fingerprint density at radius 3 is 0.923 bits per heavy atom. The zero-order chi connectivity index (χ0) is 21.9. The Morgan fingerprint density at radius 1 is 0.731 bits per heavy atom. The van der Waals surface area contributed by atoms with E-state index in [0.717, 1.165) is 13.1 Å². The van der Waals surface area contributed by atoms with E-state index < -0.39 is 0 Å². The summed E-state index contributed by atoms with van der Waals surface area (Å²) < 4.78 is 31.9. The maximum Gasteiger partial charge on any atom is 0 e. The molecule has 150 valence electrons. The van der Waals surface area contributed by atoms with E-state index in [1.165, 1.54) is 30.7 Å². The topological polar surface area (TPSA) is 82.8 Å². The molecule has 0 unspecified atom stereocenters. The Hall–Kier alpha value is -0.282. The first kappa shape index (κ1) is 44.8. The van der Waals surface area contributed by atoms with Gasteiger partial charge in [-0.3, -0.25) is 0 Å². The van der Waals surface area contributed by atoms with Crippen LogP contribution in [0.4, 0.5) is 0 Å². The average Bonchev–Trinajstić information content (AvgIpc) is 2.71. The van der Waals surface area contributed by atoms with E-state index >= 15 is 0 Å². The van der Waals surface area contributed by atoms with Gasteiger partial charge in [-0.1, -0.05) is 4.32 Å². The van der Waals surface area contributed by atoms with Crippen LogP contribution in [0.15, 0.2) is 0 Å². The summed E-state index contributed by atoms with van der Waals surface area (Å²) in [5, 5.41) is 0. The summed E-state index contributed by atoms with van der Waals surface area (Å²) in [5.41, 5.74) is 0. The first-order chi connectivity index (χ1) is 12.0. The van der Waals surface area contributed by atoms with E-state index in [1.54, 1.807) is 0 Å². The van der Waals surface area contributed by atoms with Crippen molar-refractivity contribution in [1.82, 2.24) is 4.90 Å². The van der Waals surface area contributed by atoms with Crippen molar-refractivity contribution in [3.63, 3.8) is 0 Å². The Labute approximate surface area is 185 Å². The van der Waals surface area contributed by atoms with Crippen LogP contribution in [0.5, 0.6) is 0 Å². The number of nitrogens with zero attached hydrogens (tertiary/aromatic N) is 2. The second-order valence-corrected chi connectivity index (χ2v) is 5.08. The number of quaternary nitrogens is 1. The van der Waals surface area contributed by atoms with E-state index in [1.807, 2.05) is 18.7 Å². The van der Waals surface area contributed by atoms with Crippen molar-refractivity contribution in [2.45, 2.75) is 41.5 Å². The molecule has 0 radical (unpaired) electrons. The van der Waals surface area contributed by atoms with Crippen molar-refractivity contribution in [2.24, 2.45) is 0 Å². The van der Waals surface area contributed by atoms with Crippen molar-refractivity contribution < 1.29 is 44.2 Å². The summed E-state index contributed by atoms with van der Waals surface area (Å²) in [6, 6.07) is 0. The SMILES string of the molecule is CCN(CC)C(=S)[S-].CC[N+](CC)(CC)CC.[C-]#[O+].[C-]#[O+].[C-]#[O+].[C-]#[O+].[W]. The zero-order valence-corrected chi connectivity index (χ0v) is 21.1. The minimum absolute atomic E-state index is 0. The summed E-state index contributed by atoms with van der Waals surface area (Å²) in [6.45, 7) is 38.2. The van der Waals surface area contributed by atoms with E-state index in [0.29, 0.717) is 4.32 Å². The standard InChI is InChI=1S/C8H20N.C5H11NS2.4CO.W/c1-5-9(6-2,7-3)8-4;1-3-6(4-2)5(7)8;4*1-2;/h5-8H2,1-4H3;3-4H2,1-2H3,(H,7,8);;;;;/q+1;;;;;;/p-1. The third-order valence-corrected chi connectivity index (χ3v) is 4.22. The molecule has 0 aromatic carbocycles. The molecule has 0 rings (SSSR count). The second kappa shape index (κ2) is 44.3. The molecule has 0 aliphatic carbocycles. The van der Waals surface area contributed by atoms with Gasteiger partial charge >= 0.3 is 45.2 Å². The molecule has 0 aromatic heterocycles. The smallest absolute Gasteiger partial charge is 0 e. The summed E-state index contributed by atoms with van der Waals surface area (Å²) in [5.74, 6) is 0. The Kier molecular flexibility index (Phi) is 76.4. The molecule has 0 aliphatic rings. The molecule has 0 bridgehead atoms. The minimum atomic E-state index is 0. The Bertz CT molecular complexity index is 299. The van der Waals surface area contributed by atoms with Crippen LogP contribution >= 0.6 is 12.2 Å². The van der Waals surface area contributed by atoms with Crippen molar-refractivity contribution in [1.29, 1.82) is 0 Å². The van der Waals surface area contributed by atoms with Crippen LogP contribution in [0.25, 0.3) is 0 Å². The molecule has 0 N–H and O–H groups in total. The van der Waals surface area contributed by atoms with Gasteiger partial charge in [-0.2, -0.15) is 0 Å².